The van der Waals surface area contributed by atoms with Crippen molar-refractivity contribution in [2.24, 2.45) is 0 Å². The van der Waals surface area contributed by atoms with E-state index in [4.69, 9.17) is 4.42 Å². The number of ketones is 1. The van der Waals surface area contributed by atoms with Crippen molar-refractivity contribution < 1.29 is 9.21 Å². The van der Waals surface area contributed by atoms with E-state index in [1.165, 1.54) is 4.57 Å². The highest BCUT2D eigenvalue weighted by molar-refractivity contribution is 14.1. The number of Topliss-reactive ketones (excluding diaryl/α,β-unsaturated/α-hetero) is 1. The van der Waals surface area contributed by atoms with E-state index in [2.05, 4.69) is 22.6 Å². The Balaban J connectivity index is 1.97. The number of oxazole rings is 1. The van der Waals surface area contributed by atoms with Crippen molar-refractivity contribution in [2.45, 2.75) is 6.54 Å². The van der Waals surface area contributed by atoms with E-state index in [1.54, 1.807) is 30.3 Å². The molecule has 0 saturated carbocycles. The first-order chi connectivity index (χ1) is 9.65. The van der Waals surface area contributed by atoms with Crippen LogP contribution < -0.4 is 5.76 Å². The number of benzene rings is 2. The third-order valence-corrected chi connectivity index (χ3v) is 3.76. The molecule has 0 aliphatic carbocycles. The Morgan fingerprint density at radius 3 is 2.55 bits per heavy atom. The fourth-order valence-electron chi connectivity index (χ4n) is 2.03. The minimum absolute atomic E-state index is 0.0174. The molecule has 0 saturated heterocycles. The molecule has 0 amide bonds. The first kappa shape index (κ1) is 13.1. The molecule has 3 rings (SSSR count). The van der Waals surface area contributed by atoms with Gasteiger partial charge in [0.2, 0.25) is 0 Å². The van der Waals surface area contributed by atoms with Gasteiger partial charge in [0.15, 0.2) is 11.4 Å². The molecule has 20 heavy (non-hydrogen) atoms. The zero-order valence-electron chi connectivity index (χ0n) is 10.4. The molecule has 1 aromatic heterocycles. The number of hydrogen-bond acceptors (Lipinski definition) is 3. The molecule has 0 atom stereocenters. The van der Waals surface area contributed by atoms with E-state index in [0.29, 0.717) is 16.7 Å². The molecular weight excluding hydrogens is 369 g/mol. The van der Waals surface area contributed by atoms with Crippen molar-refractivity contribution >= 4 is 39.5 Å². The predicted molar refractivity (Wildman–Crippen MR) is 84.0 cm³/mol. The summed E-state index contributed by atoms with van der Waals surface area (Å²) < 4.78 is 7.53. The van der Waals surface area contributed by atoms with Crippen LogP contribution in [0.15, 0.2) is 57.7 Å². The number of nitrogens with zero attached hydrogens (tertiary/aromatic N) is 1. The fraction of sp³-hybridized carbons (Fsp3) is 0.0667. The molecule has 0 spiro atoms. The summed E-state index contributed by atoms with van der Waals surface area (Å²) in [7, 11) is 0. The van der Waals surface area contributed by atoms with Crippen LogP contribution in [-0.4, -0.2) is 10.4 Å². The van der Waals surface area contributed by atoms with Crippen LogP contribution in [0.25, 0.3) is 11.1 Å². The number of carbonyl (C=O) groups is 1. The van der Waals surface area contributed by atoms with Crippen LogP contribution in [0.5, 0.6) is 0 Å². The average molecular weight is 379 g/mol. The van der Waals surface area contributed by atoms with E-state index in [1.807, 2.05) is 18.2 Å². The van der Waals surface area contributed by atoms with Gasteiger partial charge in [-0.15, -0.1) is 0 Å². The summed E-state index contributed by atoms with van der Waals surface area (Å²) in [5.74, 6) is -0.625. The number of aromatic nitrogens is 1. The van der Waals surface area contributed by atoms with E-state index in [9.17, 15) is 9.59 Å². The first-order valence-electron chi connectivity index (χ1n) is 6.02. The summed E-state index contributed by atoms with van der Waals surface area (Å²) in [6.07, 6.45) is 0. The van der Waals surface area contributed by atoms with Crippen LogP contribution in [0.1, 0.15) is 10.4 Å². The van der Waals surface area contributed by atoms with Gasteiger partial charge >= 0.3 is 5.76 Å². The lowest BCUT2D eigenvalue weighted by Gasteiger charge is -2.02. The summed E-state index contributed by atoms with van der Waals surface area (Å²) >= 11 is 2.18. The quantitative estimate of drug-likeness (QED) is 0.519. The number of fused-ring (bicyclic) bond motifs is 1. The standard InChI is InChI=1S/C15H10INO3/c16-11-7-5-10(6-8-11)13(18)9-17-12-3-1-2-4-14(12)20-15(17)19/h1-8H,9H2. The maximum absolute atomic E-state index is 12.2. The highest BCUT2D eigenvalue weighted by Crippen LogP contribution is 2.13. The molecule has 0 aliphatic rings. The third-order valence-electron chi connectivity index (χ3n) is 3.04. The van der Waals surface area contributed by atoms with Gasteiger partial charge in [-0.3, -0.25) is 9.36 Å². The number of rotatable bonds is 3. The summed E-state index contributed by atoms with van der Waals surface area (Å²) in [5, 5.41) is 0. The number of hydrogen-bond donors (Lipinski definition) is 0. The average Bonchev–Trinajstić information content (AvgIpc) is 2.76. The smallest absolute Gasteiger partial charge is 0.408 e. The van der Waals surface area contributed by atoms with Gasteiger partial charge in [0.25, 0.3) is 0 Å². The van der Waals surface area contributed by atoms with Crippen LogP contribution in [0.4, 0.5) is 0 Å². The SMILES string of the molecule is O=C(Cn1c(=O)oc2ccccc21)c1ccc(I)cc1. The summed E-state index contributed by atoms with van der Waals surface area (Å²) in [6.45, 7) is -0.0174. The number of carbonyl (C=O) groups excluding carboxylic acids is 1. The van der Waals surface area contributed by atoms with E-state index >= 15 is 0 Å². The minimum Gasteiger partial charge on any atom is -0.408 e. The summed E-state index contributed by atoms with van der Waals surface area (Å²) in [6, 6.07) is 14.3. The molecule has 1 heterocycles. The molecule has 5 heteroatoms. The van der Waals surface area contributed by atoms with Gasteiger partial charge in [0, 0.05) is 9.13 Å². The molecule has 3 aromatic rings. The van der Waals surface area contributed by atoms with Crippen molar-refractivity contribution in [3.05, 3.63) is 68.2 Å². The Hall–Kier alpha value is -1.89. The molecule has 0 N–H and O–H groups in total. The Bertz CT molecular complexity index is 830. The maximum Gasteiger partial charge on any atom is 0.420 e. The number of halogens is 1. The zero-order chi connectivity index (χ0) is 14.1. The molecule has 0 fully saturated rings. The topological polar surface area (TPSA) is 52.2 Å². The Labute approximate surface area is 128 Å². The second-order valence-electron chi connectivity index (χ2n) is 4.35. The highest BCUT2D eigenvalue weighted by Gasteiger charge is 2.13. The molecule has 4 nitrogen and oxygen atoms in total. The monoisotopic (exact) mass is 379 g/mol. The zero-order valence-corrected chi connectivity index (χ0v) is 12.5. The van der Waals surface area contributed by atoms with E-state index in [-0.39, 0.29) is 12.3 Å². The second kappa shape index (κ2) is 5.24. The van der Waals surface area contributed by atoms with E-state index in [0.717, 1.165) is 3.57 Å². The Kier molecular flexibility index (Phi) is 3.43. The van der Waals surface area contributed by atoms with E-state index < -0.39 is 5.76 Å². The molecule has 0 radical (unpaired) electrons. The fourth-order valence-corrected chi connectivity index (χ4v) is 2.39. The molecule has 0 aliphatic heterocycles. The molecule has 0 unspecified atom stereocenters. The first-order valence-corrected chi connectivity index (χ1v) is 7.10. The normalized spacial score (nSPS) is 10.8. The van der Waals surface area contributed by atoms with Gasteiger partial charge in [-0.2, -0.15) is 0 Å². The molecule has 0 bridgehead atoms. The van der Waals surface area contributed by atoms with Crippen LogP contribution in [0.3, 0.4) is 0 Å². The van der Waals surface area contributed by atoms with Crippen molar-refractivity contribution in [3.63, 3.8) is 0 Å². The maximum atomic E-state index is 12.2. The van der Waals surface area contributed by atoms with Gasteiger partial charge in [0.05, 0.1) is 12.1 Å². The second-order valence-corrected chi connectivity index (χ2v) is 5.60. The summed E-state index contributed by atoms with van der Waals surface area (Å²) in [4.78, 5) is 24.0. The Morgan fingerprint density at radius 1 is 1.10 bits per heavy atom. The molecule has 2 aromatic carbocycles. The van der Waals surface area contributed by atoms with Crippen LogP contribution in [-0.2, 0) is 6.54 Å². The van der Waals surface area contributed by atoms with Crippen LogP contribution >= 0.6 is 22.6 Å². The van der Waals surface area contributed by atoms with Crippen molar-refractivity contribution in [2.75, 3.05) is 0 Å². The van der Waals surface area contributed by atoms with Gasteiger partial charge in [0.1, 0.15) is 0 Å². The van der Waals surface area contributed by atoms with Crippen LogP contribution in [0.2, 0.25) is 0 Å². The lowest BCUT2D eigenvalue weighted by atomic mass is 10.1. The van der Waals surface area contributed by atoms with Crippen molar-refractivity contribution in [1.82, 2.24) is 4.57 Å². The van der Waals surface area contributed by atoms with Gasteiger partial charge in [-0.05, 0) is 46.9 Å². The highest BCUT2D eigenvalue weighted by atomic mass is 127. The lowest BCUT2D eigenvalue weighted by Crippen LogP contribution is -2.20. The Morgan fingerprint density at radius 2 is 1.80 bits per heavy atom. The summed E-state index contributed by atoms with van der Waals surface area (Å²) in [5.41, 5.74) is 1.71. The van der Waals surface area contributed by atoms with Crippen LogP contribution in [0, 0.1) is 3.57 Å². The van der Waals surface area contributed by atoms with Gasteiger partial charge < -0.3 is 4.42 Å². The predicted octanol–water partition coefficient (Wildman–Crippen LogP) is 3.08. The van der Waals surface area contributed by atoms with Crippen molar-refractivity contribution in [3.8, 4) is 0 Å². The van der Waals surface area contributed by atoms with Crippen molar-refractivity contribution in [1.29, 1.82) is 0 Å². The number of para-hydroxylation sites is 2. The largest absolute Gasteiger partial charge is 0.420 e. The minimum atomic E-state index is -0.509. The lowest BCUT2D eigenvalue weighted by molar-refractivity contribution is 0.0970. The molecular formula is C15H10INO3. The van der Waals surface area contributed by atoms with Gasteiger partial charge in [-0.25, -0.2) is 4.79 Å². The third kappa shape index (κ3) is 2.40. The van der Waals surface area contributed by atoms with Gasteiger partial charge in [-0.1, -0.05) is 24.3 Å². The molecule has 100 valence electrons.